The molecule has 10 nitrogen and oxygen atoms in total. The van der Waals surface area contributed by atoms with Crippen molar-refractivity contribution in [3.63, 3.8) is 0 Å². The van der Waals surface area contributed by atoms with Crippen LogP contribution in [-0.4, -0.2) is 56.2 Å². The van der Waals surface area contributed by atoms with Crippen LogP contribution in [0.5, 0.6) is 5.75 Å². The number of hydrogen-bond acceptors (Lipinski definition) is 5. The molecule has 0 fully saturated rings. The zero-order valence-electron chi connectivity index (χ0n) is 20.5. The molecule has 0 saturated heterocycles. The van der Waals surface area contributed by atoms with E-state index >= 15 is 0 Å². The minimum Gasteiger partial charge on any atom is -0.497 e. The summed E-state index contributed by atoms with van der Waals surface area (Å²) >= 11 is 0. The Morgan fingerprint density at radius 2 is 1.57 bits per heavy atom. The van der Waals surface area contributed by atoms with Crippen LogP contribution in [0.3, 0.4) is 0 Å². The Labute approximate surface area is 214 Å². The van der Waals surface area contributed by atoms with Gasteiger partial charge < -0.3 is 30.3 Å². The average Bonchev–Trinajstić information content (AvgIpc) is 2.90. The number of rotatable bonds is 10. The van der Waals surface area contributed by atoms with E-state index in [9.17, 15) is 19.2 Å². The third kappa shape index (κ3) is 7.82. The normalized spacial score (nSPS) is 10.2. The smallest absolute Gasteiger partial charge is 0.319 e. The van der Waals surface area contributed by atoms with Crippen LogP contribution < -0.4 is 25.2 Å². The van der Waals surface area contributed by atoms with Gasteiger partial charge in [0, 0.05) is 30.2 Å². The maximum atomic E-state index is 13.2. The van der Waals surface area contributed by atoms with Crippen molar-refractivity contribution in [2.45, 2.75) is 6.42 Å². The van der Waals surface area contributed by atoms with Gasteiger partial charge in [-0.05, 0) is 42.0 Å². The monoisotopic (exact) mass is 504 g/mol. The lowest BCUT2D eigenvalue weighted by atomic mass is 10.1. The number of benzene rings is 3. The Bertz CT molecular complexity index is 1260. The van der Waals surface area contributed by atoms with E-state index in [-0.39, 0.29) is 25.4 Å². The number of hydrogen-bond donors (Lipinski definition) is 3. The average molecular weight is 505 g/mol. The molecule has 0 saturated carbocycles. The van der Waals surface area contributed by atoms with E-state index in [2.05, 4.69) is 10.6 Å². The molecule has 3 rings (SSSR count). The summed E-state index contributed by atoms with van der Waals surface area (Å²) in [4.78, 5) is 52.3. The van der Waals surface area contributed by atoms with Crippen LogP contribution in [0, 0.1) is 0 Å². The van der Waals surface area contributed by atoms with E-state index in [1.54, 1.807) is 61.6 Å². The van der Waals surface area contributed by atoms with Gasteiger partial charge in [0.15, 0.2) is 0 Å². The number of carbonyl (C=O) groups excluding carboxylic acids is 3. The van der Waals surface area contributed by atoms with Crippen LogP contribution >= 0.6 is 0 Å². The predicted octanol–water partition coefficient (Wildman–Crippen LogP) is 3.14. The van der Waals surface area contributed by atoms with Crippen molar-refractivity contribution in [3.05, 3.63) is 84.4 Å². The summed E-state index contributed by atoms with van der Waals surface area (Å²) in [5.41, 5.74) is 2.01. The fourth-order valence-electron chi connectivity index (χ4n) is 3.50. The first kappa shape index (κ1) is 26.7. The molecule has 0 spiro atoms. The quantitative estimate of drug-likeness (QED) is 0.389. The molecule has 192 valence electrons. The third-order valence-corrected chi connectivity index (χ3v) is 5.42. The highest BCUT2D eigenvalue weighted by Gasteiger charge is 2.23. The van der Waals surface area contributed by atoms with E-state index in [0.29, 0.717) is 28.4 Å². The molecule has 0 unspecified atom stereocenters. The number of ether oxygens (including phenoxy) is 1. The lowest BCUT2D eigenvalue weighted by Gasteiger charge is -2.26. The topological polar surface area (TPSA) is 128 Å². The number of methoxy groups -OCH3 is 1. The van der Waals surface area contributed by atoms with Gasteiger partial charge in [-0.3, -0.25) is 14.4 Å². The van der Waals surface area contributed by atoms with Crippen LogP contribution in [0.4, 0.5) is 21.9 Å². The van der Waals surface area contributed by atoms with E-state index in [1.165, 1.54) is 23.0 Å². The molecule has 0 aliphatic rings. The first-order valence-corrected chi connectivity index (χ1v) is 11.4. The summed E-state index contributed by atoms with van der Waals surface area (Å²) in [6.45, 7) is -0.655. The minimum atomic E-state index is -0.989. The molecule has 3 N–H and O–H groups in total. The molecule has 0 aliphatic heterocycles. The van der Waals surface area contributed by atoms with E-state index in [4.69, 9.17) is 9.84 Å². The molecule has 4 amide bonds. The number of carboxylic acids is 1. The first-order chi connectivity index (χ1) is 17.8. The molecule has 3 aromatic carbocycles. The second kappa shape index (κ2) is 12.7. The second-order valence-electron chi connectivity index (χ2n) is 8.05. The van der Waals surface area contributed by atoms with Gasteiger partial charge in [0.05, 0.1) is 20.1 Å². The molecule has 10 heteroatoms. The number of nitrogens with zero attached hydrogens (tertiary/aromatic N) is 2. The molecule has 37 heavy (non-hydrogen) atoms. The van der Waals surface area contributed by atoms with Crippen molar-refractivity contribution in [1.29, 1.82) is 0 Å². The highest BCUT2D eigenvalue weighted by Crippen LogP contribution is 2.22. The Morgan fingerprint density at radius 3 is 2.27 bits per heavy atom. The third-order valence-electron chi connectivity index (χ3n) is 5.42. The molecule has 0 radical (unpaired) electrons. The largest absolute Gasteiger partial charge is 0.497 e. The maximum Gasteiger partial charge on any atom is 0.319 e. The van der Waals surface area contributed by atoms with Gasteiger partial charge in [-0.25, -0.2) is 4.79 Å². The highest BCUT2D eigenvalue weighted by atomic mass is 16.5. The van der Waals surface area contributed by atoms with E-state index in [0.717, 1.165) is 0 Å². The van der Waals surface area contributed by atoms with Crippen molar-refractivity contribution in [2.24, 2.45) is 0 Å². The molecule has 3 aromatic rings. The van der Waals surface area contributed by atoms with Crippen molar-refractivity contribution in [2.75, 3.05) is 42.4 Å². The molecule has 0 aliphatic carbocycles. The first-order valence-electron chi connectivity index (χ1n) is 11.4. The minimum absolute atomic E-state index is 0.184. The Morgan fingerprint density at radius 1 is 0.865 bits per heavy atom. The van der Waals surface area contributed by atoms with Gasteiger partial charge in [0.1, 0.15) is 12.3 Å². The number of nitrogens with one attached hydrogen (secondary N) is 2. The lowest BCUT2D eigenvalue weighted by molar-refractivity contribution is -0.136. The number of aliphatic carboxylic acids is 1. The van der Waals surface area contributed by atoms with Gasteiger partial charge >= 0.3 is 12.0 Å². The Hall–Kier alpha value is -4.86. The van der Waals surface area contributed by atoms with Crippen LogP contribution in [0.2, 0.25) is 0 Å². The SMILES string of the molecule is COc1cccc(N(CC(=O)N(C)c2ccccc2)C(=O)CNC(=O)Nc2cccc(CC(=O)O)c2)c1. The summed E-state index contributed by atoms with van der Waals surface area (Å²) in [7, 11) is 3.12. The van der Waals surface area contributed by atoms with Crippen molar-refractivity contribution in [3.8, 4) is 5.75 Å². The molecular weight excluding hydrogens is 476 g/mol. The van der Waals surface area contributed by atoms with Crippen LogP contribution in [0.1, 0.15) is 5.56 Å². The Kier molecular flexibility index (Phi) is 9.20. The summed E-state index contributed by atoms with van der Waals surface area (Å²) in [6.07, 6.45) is -0.184. The van der Waals surface area contributed by atoms with E-state index < -0.39 is 17.9 Å². The number of amides is 4. The molecular formula is C27H28N4O6. The van der Waals surface area contributed by atoms with Gasteiger partial charge in [0.25, 0.3) is 0 Å². The zero-order chi connectivity index (χ0) is 26.8. The number of urea groups is 1. The van der Waals surface area contributed by atoms with E-state index in [1.807, 2.05) is 18.2 Å². The number of anilines is 3. The molecule has 0 aromatic heterocycles. The molecule has 0 atom stereocenters. The van der Waals surface area contributed by atoms with Crippen LogP contribution in [-0.2, 0) is 20.8 Å². The summed E-state index contributed by atoms with van der Waals surface area (Å²) in [5.74, 6) is -1.33. The fraction of sp³-hybridized carbons (Fsp3) is 0.185. The van der Waals surface area contributed by atoms with Gasteiger partial charge in [0.2, 0.25) is 11.8 Å². The zero-order valence-corrected chi connectivity index (χ0v) is 20.5. The van der Waals surface area contributed by atoms with Gasteiger partial charge in [-0.15, -0.1) is 0 Å². The number of para-hydroxylation sites is 1. The summed E-state index contributed by atoms with van der Waals surface area (Å²) in [6, 6.07) is 21.5. The van der Waals surface area contributed by atoms with Crippen molar-refractivity contribution in [1.82, 2.24) is 5.32 Å². The van der Waals surface area contributed by atoms with Crippen molar-refractivity contribution < 1.29 is 29.0 Å². The second-order valence-corrected chi connectivity index (χ2v) is 8.05. The number of likely N-dealkylation sites (N-methyl/N-ethyl adjacent to an activating group) is 1. The standard InChI is InChI=1S/C27H28N4O6/c1-30(21-10-4-3-5-11-21)25(33)18-31(22-12-7-13-23(16-22)37-2)24(32)17-28-27(36)29-20-9-6-8-19(14-20)15-26(34)35/h3-14,16H,15,17-18H2,1-2H3,(H,34,35)(H2,28,29,36). The molecule has 0 bridgehead atoms. The maximum absolute atomic E-state index is 13.2. The van der Waals surface area contributed by atoms with Crippen molar-refractivity contribution >= 4 is 40.9 Å². The lowest BCUT2D eigenvalue weighted by Crippen LogP contribution is -2.46. The Balaban J connectivity index is 1.70. The van der Waals surface area contributed by atoms with Gasteiger partial charge in [-0.2, -0.15) is 0 Å². The van der Waals surface area contributed by atoms with Crippen LogP contribution in [0.25, 0.3) is 0 Å². The fourth-order valence-corrected chi connectivity index (χ4v) is 3.50. The summed E-state index contributed by atoms with van der Waals surface area (Å²) in [5, 5.41) is 14.0. The van der Waals surface area contributed by atoms with Gasteiger partial charge in [-0.1, -0.05) is 36.4 Å². The highest BCUT2D eigenvalue weighted by molar-refractivity contribution is 6.05. The number of carbonyl (C=O) groups is 4. The summed E-state index contributed by atoms with van der Waals surface area (Å²) < 4.78 is 5.25. The molecule has 0 heterocycles. The number of carboxylic acid groups (broad SMARTS) is 1. The predicted molar refractivity (Wildman–Crippen MR) is 140 cm³/mol. The van der Waals surface area contributed by atoms with Crippen LogP contribution in [0.15, 0.2) is 78.9 Å².